The molecular weight excluding hydrogens is 218 g/mol. The Bertz CT molecular complexity index is 529. The van der Waals surface area contributed by atoms with E-state index in [0.717, 1.165) is 12.2 Å². The number of benzene rings is 1. The van der Waals surface area contributed by atoms with Gasteiger partial charge < -0.3 is 15.8 Å². The predicted molar refractivity (Wildman–Crippen MR) is 62.3 cm³/mol. The summed E-state index contributed by atoms with van der Waals surface area (Å²) in [6.07, 6.45) is 0. The van der Waals surface area contributed by atoms with Crippen LogP contribution in [-0.4, -0.2) is 13.2 Å². The van der Waals surface area contributed by atoms with E-state index in [0.29, 0.717) is 17.9 Å². The number of rotatable bonds is 2. The predicted octanol–water partition coefficient (Wildman–Crippen LogP) is 1.67. The minimum atomic E-state index is -0.0799. The molecule has 0 unspecified atom stereocenters. The van der Waals surface area contributed by atoms with Gasteiger partial charge in [-0.15, -0.1) is 0 Å². The van der Waals surface area contributed by atoms with Crippen LogP contribution in [0.3, 0.4) is 0 Å². The number of nitrogens with two attached hydrogens (primary N) is 1. The second-order valence-corrected chi connectivity index (χ2v) is 3.47. The molecule has 1 aromatic carbocycles. The second kappa shape index (κ2) is 4.53. The number of hydrogen-bond acceptors (Lipinski definition) is 6. The summed E-state index contributed by atoms with van der Waals surface area (Å²) in [4.78, 5) is 0. The highest BCUT2D eigenvalue weighted by molar-refractivity contribution is 5.73. The standard InChI is InChI=1S/C11H11N5O/c12-6-8(13)11(16-14)7-1-2-9-10(5-7)17-4-3-15-9/h1-2,5,14-15H,3-4,13H2/b11-8-,16-14?. The van der Waals surface area contributed by atoms with Crippen LogP contribution < -0.4 is 15.8 Å². The summed E-state index contributed by atoms with van der Waals surface area (Å²) in [5.74, 6) is 0.681. The Kier molecular flexibility index (Phi) is 2.92. The van der Waals surface area contributed by atoms with Gasteiger partial charge in [0.25, 0.3) is 0 Å². The first kappa shape index (κ1) is 11.0. The number of anilines is 1. The molecule has 0 amide bonds. The van der Waals surface area contributed by atoms with Crippen molar-refractivity contribution in [2.45, 2.75) is 0 Å². The summed E-state index contributed by atoms with van der Waals surface area (Å²) < 4.78 is 5.46. The molecule has 1 aromatic rings. The van der Waals surface area contributed by atoms with Crippen LogP contribution in [0.4, 0.5) is 5.69 Å². The lowest BCUT2D eigenvalue weighted by Crippen LogP contribution is -2.18. The number of nitrogens with zero attached hydrogens (tertiary/aromatic N) is 2. The Morgan fingerprint density at radius 3 is 3.12 bits per heavy atom. The second-order valence-electron chi connectivity index (χ2n) is 3.47. The lowest BCUT2D eigenvalue weighted by atomic mass is 10.1. The molecule has 0 saturated heterocycles. The Morgan fingerprint density at radius 1 is 1.59 bits per heavy atom. The highest BCUT2D eigenvalue weighted by Gasteiger charge is 2.13. The van der Waals surface area contributed by atoms with E-state index in [9.17, 15) is 0 Å². The van der Waals surface area contributed by atoms with Crippen LogP contribution in [0.5, 0.6) is 5.75 Å². The quantitative estimate of drug-likeness (QED) is 0.529. The maximum atomic E-state index is 8.72. The molecule has 0 bridgehead atoms. The summed E-state index contributed by atoms with van der Waals surface area (Å²) in [6, 6.07) is 7.07. The van der Waals surface area contributed by atoms with Crippen molar-refractivity contribution in [3.63, 3.8) is 0 Å². The number of ether oxygens (including phenoxy) is 1. The average molecular weight is 229 g/mol. The van der Waals surface area contributed by atoms with E-state index < -0.39 is 0 Å². The smallest absolute Gasteiger partial charge is 0.143 e. The molecule has 1 aliphatic rings. The minimum Gasteiger partial charge on any atom is -0.490 e. The van der Waals surface area contributed by atoms with Gasteiger partial charge in [0.2, 0.25) is 0 Å². The van der Waals surface area contributed by atoms with Crippen LogP contribution in [0, 0.1) is 16.9 Å². The molecule has 0 radical (unpaired) electrons. The van der Waals surface area contributed by atoms with E-state index in [1.165, 1.54) is 0 Å². The summed E-state index contributed by atoms with van der Waals surface area (Å²) in [5, 5.41) is 15.2. The highest BCUT2D eigenvalue weighted by atomic mass is 16.5. The summed E-state index contributed by atoms with van der Waals surface area (Å²) in [6.45, 7) is 1.35. The number of hydrogen-bond donors (Lipinski definition) is 3. The number of allylic oxidation sites excluding steroid dienone is 1. The van der Waals surface area contributed by atoms with E-state index in [1.807, 2.05) is 6.07 Å². The molecule has 1 heterocycles. The largest absolute Gasteiger partial charge is 0.490 e. The lowest BCUT2D eigenvalue weighted by molar-refractivity contribution is 0.323. The summed E-state index contributed by atoms with van der Waals surface area (Å²) >= 11 is 0. The van der Waals surface area contributed by atoms with E-state index in [4.69, 9.17) is 21.3 Å². The van der Waals surface area contributed by atoms with Crippen molar-refractivity contribution in [3.05, 3.63) is 29.5 Å². The van der Waals surface area contributed by atoms with Crippen molar-refractivity contribution >= 4 is 11.4 Å². The van der Waals surface area contributed by atoms with Gasteiger partial charge in [-0.05, 0) is 12.1 Å². The lowest BCUT2D eigenvalue weighted by Gasteiger charge is -2.19. The maximum Gasteiger partial charge on any atom is 0.143 e. The molecule has 86 valence electrons. The third-order valence-corrected chi connectivity index (χ3v) is 2.42. The number of nitrogens with one attached hydrogen (secondary N) is 2. The Hall–Kier alpha value is -2.55. The van der Waals surface area contributed by atoms with E-state index in [1.54, 1.807) is 18.2 Å². The third-order valence-electron chi connectivity index (χ3n) is 2.42. The van der Waals surface area contributed by atoms with Crippen molar-refractivity contribution in [2.75, 3.05) is 18.5 Å². The normalized spacial score (nSPS) is 14.5. The summed E-state index contributed by atoms with van der Waals surface area (Å²) in [7, 11) is 0. The van der Waals surface area contributed by atoms with Crippen molar-refractivity contribution in [2.24, 2.45) is 10.8 Å². The third kappa shape index (κ3) is 2.03. The molecule has 0 aromatic heterocycles. The molecule has 0 atom stereocenters. The van der Waals surface area contributed by atoms with Gasteiger partial charge in [0.1, 0.15) is 29.8 Å². The molecule has 2 rings (SSSR count). The Labute approximate surface area is 98.2 Å². The maximum absolute atomic E-state index is 8.72. The zero-order chi connectivity index (χ0) is 12.3. The first-order valence-corrected chi connectivity index (χ1v) is 5.04. The van der Waals surface area contributed by atoms with E-state index in [-0.39, 0.29) is 11.4 Å². The van der Waals surface area contributed by atoms with Crippen LogP contribution in [0.15, 0.2) is 29.0 Å². The molecule has 0 fully saturated rings. The molecular formula is C11H11N5O. The van der Waals surface area contributed by atoms with Gasteiger partial charge in [-0.25, -0.2) is 5.53 Å². The minimum absolute atomic E-state index is 0.0799. The number of nitriles is 1. The zero-order valence-electron chi connectivity index (χ0n) is 9.03. The van der Waals surface area contributed by atoms with E-state index >= 15 is 0 Å². The highest BCUT2D eigenvalue weighted by Crippen LogP contribution is 2.31. The van der Waals surface area contributed by atoms with Crippen molar-refractivity contribution < 1.29 is 4.74 Å². The van der Waals surface area contributed by atoms with Crippen LogP contribution in [0.25, 0.3) is 5.70 Å². The van der Waals surface area contributed by atoms with Crippen LogP contribution in [0.2, 0.25) is 0 Å². The molecule has 6 nitrogen and oxygen atoms in total. The zero-order valence-corrected chi connectivity index (χ0v) is 9.03. The van der Waals surface area contributed by atoms with Gasteiger partial charge in [-0.3, -0.25) is 0 Å². The van der Waals surface area contributed by atoms with Gasteiger partial charge in [0.05, 0.1) is 5.69 Å². The molecule has 17 heavy (non-hydrogen) atoms. The molecule has 4 N–H and O–H groups in total. The number of fused-ring (bicyclic) bond motifs is 1. The fourth-order valence-electron chi connectivity index (χ4n) is 1.62. The fraction of sp³-hybridized carbons (Fsp3) is 0.182. The first-order chi connectivity index (χ1) is 8.26. The van der Waals surface area contributed by atoms with Gasteiger partial charge >= 0.3 is 0 Å². The van der Waals surface area contributed by atoms with Gasteiger partial charge in [0, 0.05) is 12.1 Å². The first-order valence-electron chi connectivity index (χ1n) is 5.04. The van der Waals surface area contributed by atoms with Crippen molar-refractivity contribution in [1.29, 1.82) is 10.8 Å². The van der Waals surface area contributed by atoms with Crippen LogP contribution >= 0.6 is 0 Å². The van der Waals surface area contributed by atoms with Crippen LogP contribution in [0.1, 0.15) is 5.56 Å². The fourth-order valence-corrected chi connectivity index (χ4v) is 1.62. The molecule has 6 heteroatoms. The van der Waals surface area contributed by atoms with Gasteiger partial charge in [-0.1, -0.05) is 6.07 Å². The molecule has 1 aliphatic heterocycles. The van der Waals surface area contributed by atoms with Crippen LogP contribution in [-0.2, 0) is 0 Å². The average Bonchev–Trinajstić information content (AvgIpc) is 2.39. The van der Waals surface area contributed by atoms with Gasteiger partial charge in [0.15, 0.2) is 0 Å². The molecule has 0 spiro atoms. The van der Waals surface area contributed by atoms with E-state index in [2.05, 4.69) is 10.4 Å². The summed E-state index contributed by atoms with van der Waals surface area (Å²) in [5.41, 5.74) is 14.1. The van der Waals surface area contributed by atoms with Crippen molar-refractivity contribution in [3.8, 4) is 11.8 Å². The monoisotopic (exact) mass is 229 g/mol. The Balaban J connectivity index is 2.47. The van der Waals surface area contributed by atoms with Crippen molar-refractivity contribution in [1.82, 2.24) is 0 Å². The molecule has 0 aliphatic carbocycles. The Morgan fingerprint density at radius 2 is 2.41 bits per heavy atom. The SMILES string of the molecule is N#C/C(N)=C(/N=N)c1ccc2c(c1)OCCN2. The topological polar surface area (TPSA) is 107 Å². The molecule has 0 saturated carbocycles. The van der Waals surface area contributed by atoms with Gasteiger partial charge in [-0.2, -0.15) is 10.4 Å².